The van der Waals surface area contributed by atoms with Crippen LogP contribution in [-0.4, -0.2) is 61.1 Å². The third kappa shape index (κ3) is 6.83. The summed E-state index contributed by atoms with van der Waals surface area (Å²) in [5.41, 5.74) is 0.00666. The van der Waals surface area contributed by atoms with Crippen LogP contribution in [0.15, 0.2) is 6.07 Å². The van der Waals surface area contributed by atoms with Gasteiger partial charge in [-0.3, -0.25) is 14.5 Å². The lowest BCUT2D eigenvalue weighted by Gasteiger charge is -2.37. The molecule has 1 aromatic heterocycles. The van der Waals surface area contributed by atoms with Gasteiger partial charge >= 0.3 is 5.97 Å². The predicted molar refractivity (Wildman–Crippen MR) is 135 cm³/mol. The number of methoxy groups -OCH3 is 1. The number of hydrogen-bond acceptors (Lipinski definition) is 6. The van der Waals surface area contributed by atoms with Crippen LogP contribution in [0, 0.1) is 29.1 Å². The number of likely N-dealkylation sites (N-methyl/N-ethyl adjacent to an activating group) is 1. The molecular formula is C26H38N2O5S. The monoisotopic (exact) mass is 490 g/mol. The maximum Gasteiger partial charge on any atom is 0.350 e. The number of rotatable bonds is 6. The molecule has 0 unspecified atom stereocenters. The largest absolute Gasteiger partial charge is 0.465 e. The summed E-state index contributed by atoms with van der Waals surface area (Å²) in [6.45, 7) is 9.60. The van der Waals surface area contributed by atoms with Crippen LogP contribution in [0.3, 0.4) is 0 Å². The summed E-state index contributed by atoms with van der Waals surface area (Å²) in [6, 6.07) is 0.487. The van der Waals surface area contributed by atoms with Gasteiger partial charge in [-0.2, -0.15) is 0 Å². The Balaban J connectivity index is 2.70. The number of esters is 1. The number of thiophene rings is 1. The minimum atomic E-state index is -1.18. The van der Waals surface area contributed by atoms with Crippen molar-refractivity contribution in [3.63, 3.8) is 0 Å². The van der Waals surface area contributed by atoms with Crippen LogP contribution >= 0.6 is 11.3 Å². The van der Waals surface area contributed by atoms with Crippen LogP contribution in [0.5, 0.6) is 0 Å². The van der Waals surface area contributed by atoms with Gasteiger partial charge in [0.2, 0.25) is 11.8 Å². The molecule has 1 heterocycles. The summed E-state index contributed by atoms with van der Waals surface area (Å²) < 4.78 is 5.00. The lowest BCUT2D eigenvalue weighted by molar-refractivity contribution is -0.136. The fraction of sp³-hybridized carbons (Fsp3) is 0.654. The lowest BCUT2D eigenvalue weighted by Crippen LogP contribution is -2.56. The average Bonchev–Trinajstić information content (AvgIpc) is 3.18. The third-order valence-electron chi connectivity index (χ3n) is 5.93. The molecule has 1 fully saturated rings. The Labute approximate surface area is 207 Å². The molecule has 1 aliphatic carbocycles. The number of nitrogens with zero attached hydrogens (tertiary/aromatic N) is 2. The van der Waals surface area contributed by atoms with Crippen molar-refractivity contribution in [3.8, 4) is 11.8 Å². The Bertz CT molecular complexity index is 956. The molecule has 0 radical (unpaired) electrons. The Morgan fingerprint density at radius 3 is 2.24 bits per heavy atom. The van der Waals surface area contributed by atoms with E-state index in [0.29, 0.717) is 23.6 Å². The maximum atomic E-state index is 13.9. The summed E-state index contributed by atoms with van der Waals surface area (Å²) in [4.78, 5) is 43.3. The van der Waals surface area contributed by atoms with Crippen molar-refractivity contribution in [2.45, 2.75) is 72.4 Å². The number of aliphatic hydroxyl groups excluding tert-OH is 1. The number of hydrogen-bond donors (Lipinski definition) is 1. The van der Waals surface area contributed by atoms with Crippen LogP contribution in [0.4, 0.5) is 5.69 Å². The number of carbonyl (C=O) groups excluding carboxylic acids is 3. The van der Waals surface area contributed by atoms with E-state index in [1.54, 1.807) is 20.2 Å². The zero-order valence-electron chi connectivity index (χ0n) is 21.6. The van der Waals surface area contributed by atoms with Crippen LogP contribution in [0.1, 0.15) is 74.9 Å². The van der Waals surface area contributed by atoms with E-state index in [4.69, 9.17) is 4.74 Å². The van der Waals surface area contributed by atoms with E-state index in [1.165, 1.54) is 23.8 Å². The zero-order chi connectivity index (χ0) is 25.8. The molecule has 1 saturated carbocycles. The first-order valence-electron chi connectivity index (χ1n) is 11.7. The molecule has 0 bridgehead atoms. The van der Waals surface area contributed by atoms with Crippen LogP contribution in [-0.2, 0) is 14.3 Å². The van der Waals surface area contributed by atoms with Crippen LogP contribution in [0.25, 0.3) is 0 Å². The molecule has 1 aromatic rings. The van der Waals surface area contributed by atoms with Gasteiger partial charge < -0.3 is 14.7 Å². The first-order valence-corrected chi connectivity index (χ1v) is 12.6. The van der Waals surface area contributed by atoms with Gasteiger partial charge in [0, 0.05) is 25.4 Å². The molecule has 8 heteroatoms. The summed E-state index contributed by atoms with van der Waals surface area (Å²) in [5.74, 6) is 5.20. The highest BCUT2D eigenvalue weighted by Crippen LogP contribution is 2.37. The van der Waals surface area contributed by atoms with Crippen molar-refractivity contribution in [1.29, 1.82) is 0 Å². The molecule has 2 amide bonds. The van der Waals surface area contributed by atoms with Crippen molar-refractivity contribution in [2.24, 2.45) is 17.3 Å². The van der Waals surface area contributed by atoms with Crippen molar-refractivity contribution in [2.75, 3.05) is 26.1 Å². The molecule has 188 valence electrons. The molecule has 0 spiro atoms. The molecule has 0 saturated heterocycles. The lowest BCUT2D eigenvalue weighted by atomic mass is 9.82. The molecular weight excluding hydrogens is 452 g/mol. The van der Waals surface area contributed by atoms with Crippen molar-refractivity contribution in [3.05, 3.63) is 15.8 Å². The second-order valence-electron chi connectivity index (χ2n) is 10.4. The number of aliphatic hydroxyl groups is 1. The average molecular weight is 491 g/mol. The summed E-state index contributed by atoms with van der Waals surface area (Å²) >= 11 is 1.13. The standard InChI is InChI=1S/C26H38N2O5S/c1-16-9-11-18(12-10-16)23(30)28(21(17(2)29)24(31)27(6)7)20-15-19(13-14-26(3,4)5)34-22(20)25(32)33-8/h15-18,21,29H,9-12H2,1-8H3/t16?,17-,18?,21+/m1/s1. The highest BCUT2D eigenvalue weighted by atomic mass is 32.1. The minimum Gasteiger partial charge on any atom is -0.465 e. The van der Waals surface area contributed by atoms with E-state index in [-0.39, 0.29) is 27.8 Å². The Hall–Kier alpha value is -2.37. The summed E-state index contributed by atoms with van der Waals surface area (Å²) in [7, 11) is 4.44. The minimum absolute atomic E-state index is 0.190. The molecule has 1 N–H and O–H groups in total. The molecule has 34 heavy (non-hydrogen) atoms. The molecule has 0 aliphatic heterocycles. The molecule has 7 nitrogen and oxygen atoms in total. The fourth-order valence-electron chi connectivity index (χ4n) is 4.02. The Morgan fingerprint density at radius 2 is 1.76 bits per heavy atom. The second kappa shape index (κ2) is 11.4. The quantitative estimate of drug-likeness (QED) is 0.482. The van der Waals surface area contributed by atoms with Crippen molar-refractivity contribution in [1.82, 2.24) is 4.90 Å². The van der Waals surface area contributed by atoms with Gasteiger partial charge in [0.15, 0.2) is 0 Å². The third-order valence-corrected chi connectivity index (χ3v) is 6.95. The van der Waals surface area contributed by atoms with E-state index >= 15 is 0 Å². The SMILES string of the molecule is COC(=O)c1sc(C#CC(C)(C)C)cc1N(C(=O)C1CCC(C)CC1)[C@H](C(=O)N(C)C)[C@@H](C)O. The van der Waals surface area contributed by atoms with Crippen molar-refractivity contribution >= 4 is 34.8 Å². The molecule has 2 rings (SSSR count). The maximum absolute atomic E-state index is 13.9. The molecule has 0 aromatic carbocycles. The van der Waals surface area contributed by atoms with E-state index in [0.717, 1.165) is 24.2 Å². The summed E-state index contributed by atoms with van der Waals surface area (Å²) in [5, 5.41) is 10.7. The van der Waals surface area contributed by atoms with Crippen LogP contribution in [0.2, 0.25) is 0 Å². The summed E-state index contributed by atoms with van der Waals surface area (Å²) in [6.07, 6.45) is 2.08. The number of carbonyl (C=O) groups is 3. The van der Waals surface area contributed by atoms with E-state index < -0.39 is 24.0 Å². The number of amides is 2. The van der Waals surface area contributed by atoms with Gasteiger partial charge in [0.05, 0.1) is 23.8 Å². The fourth-order valence-corrected chi connectivity index (χ4v) is 4.94. The topological polar surface area (TPSA) is 87.2 Å². The highest BCUT2D eigenvalue weighted by molar-refractivity contribution is 7.15. The Morgan fingerprint density at radius 1 is 1.18 bits per heavy atom. The normalized spacial score (nSPS) is 19.9. The molecule has 2 atom stereocenters. The first kappa shape index (κ1) is 27.9. The second-order valence-corrected chi connectivity index (χ2v) is 11.5. The first-order chi connectivity index (χ1) is 15.8. The van der Waals surface area contributed by atoms with Gasteiger partial charge in [-0.05, 0) is 65.4 Å². The van der Waals surface area contributed by atoms with E-state index in [1.807, 2.05) is 20.8 Å². The molecule has 1 aliphatic rings. The highest BCUT2D eigenvalue weighted by Gasteiger charge is 2.41. The van der Waals surface area contributed by atoms with Crippen molar-refractivity contribution < 1.29 is 24.2 Å². The van der Waals surface area contributed by atoms with E-state index in [9.17, 15) is 19.5 Å². The van der Waals surface area contributed by atoms with Crippen LogP contribution < -0.4 is 4.90 Å². The number of anilines is 1. The Kier molecular flexibility index (Phi) is 9.32. The smallest absolute Gasteiger partial charge is 0.350 e. The predicted octanol–water partition coefficient (Wildman–Crippen LogP) is 3.93. The van der Waals surface area contributed by atoms with Gasteiger partial charge in [0.25, 0.3) is 0 Å². The van der Waals surface area contributed by atoms with Gasteiger partial charge in [-0.15, -0.1) is 11.3 Å². The van der Waals surface area contributed by atoms with Gasteiger partial charge in [-0.1, -0.05) is 18.8 Å². The van der Waals surface area contributed by atoms with Gasteiger partial charge in [0.1, 0.15) is 10.9 Å². The zero-order valence-corrected chi connectivity index (χ0v) is 22.4. The van der Waals surface area contributed by atoms with E-state index in [2.05, 4.69) is 18.8 Å². The number of ether oxygens (including phenoxy) is 1. The van der Waals surface area contributed by atoms with Gasteiger partial charge in [-0.25, -0.2) is 4.79 Å².